The summed E-state index contributed by atoms with van der Waals surface area (Å²) in [6.07, 6.45) is 4.60. The zero-order valence-electron chi connectivity index (χ0n) is 14.5. The predicted octanol–water partition coefficient (Wildman–Crippen LogP) is 3.75. The number of nitriles is 1. The van der Waals surface area contributed by atoms with Gasteiger partial charge in [-0.2, -0.15) is 5.26 Å². The number of amides is 1. The summed E-state index contributed by atoms with van der Waals surface area (Å²) in [5.41, 5.74) is 0.953. The van der Waals surface area contributed by atoms with Crippen LogP contribution in [0.25, 0.3) is 0 Å². The molecule has 0 spiro atoms. The molecule has 1 aliphatic rings. The first-order chi connectivity index (χ1) is 11.4. The van der Waals surface area contributed by atoms with Crippen molar-refractivity contribution in [1.82, 2.24) is 4.90 Å². The quantitative estimate of drug-likeness (QED) is 0.879. The van der Waals surface area contributed by atoms with Gasteiger partial charge in [0.25, 0.3) is 0 Å². The van der Waals surface area contributed by atoms with Crippen LogP contribution in [0.4, 0.5) is 5.69 Å². The molecule has 1 fully saturated rings. The van der Waals surface area contributed by atoms with Crippen molar-refractivity contribution in [2.24, 2.45) is 0 Å². The summed E-state index contributed by atoms with van der Waals surface area (Å²) in [6.45, 7) is 2.00. The van der Waals surface area contributed by atoms with Crippen LogP contribution in [0.2, 0.25) is 5.02 Å². The summed E-state index contributed by atoms with van der Waals surface area (Å²) < 4.78 is 5.31. The maximum Gasteiger partial charge on any atom is 0.242 e. The van der Waals surface area contributed by atoms with E-state index in [9.17, 15) is 10.1 Å². The van der Waals surface area contributed by atoms with Crippen molar-refractivity contribution >= 4 is 23.2 Å². The van der Waals surface area contributed by atoms with Gasteiger partial charge in [-0.15, -0.1) is 0 Å². The summed E-state index contributed by atoms with van der Waals surface area (Å²) in [5.74, 6) is 0.488. The molecule has 0 unspecified atom stereocenters. The average molecular weight is 350 g/mol. The van der Waals surface area contributed by atoms with Crippen LogP contribution in [-0.2, 0) is 4.79 Å². The Hall–Kier alpha value is -1.93. The number of carbonyl (C=O) groups excluding carboxylic acids is 1. The third-order valence-electron chi connectivity index (χ3n) is 4.82. The van der Waals surface area contributed by atoms with Crippen molar-refractivity contribution in [2.45, 2.75) is 44.6 Å². The molecule has 1 aromatic carbocycles. The first-order valence-electron chi connectivity index (χ1n) is 8.19. The van der Waals surface area contributed by atoms with Crippen LogP contribution in [0.5, 0.6) is 5.75 Å². The van der Waals surface area contributed by atoms with Gasteiger partial charge in [0, 0.05) is 18.1 Å². The molecule has 0 saturated heterocycles. The van der Waals surface area contributed by atoms with E-state index in [2.05, 4.69) is 11.4 Å². The molecule has 1 N–H and O–H groups in total. The SMILES string of the molecule is COc1cc(Cl)c(C)cc1NCC(=O)N(C)C1(C#N)CCCCC1. The van der Waals surface area contributed by atoms with E-state index in [4.69, 9.17) is 16.3 Å². The molecule has 5 nitrogen and oxygen atoms in total. The summed E-state index contributed by atoms with van der Waals surface area (Å²) in [5, 5.41) is 13.3. The Bertz CT molecular complexity index is 648. The number of nitrogens with zero attached hydrogens (tertiary/aromatic N) is 2. The van der Waals surface area contributed by atoms with Crippen molar-refractivity contribution < 1.29 is 9.53 Å². The second-order valence-electron chi connectivity index (χ2n) is 6.31. The lowest BCUT2D eigenvalue weighted by molar-refractivity contribution is -0.132. The fraction of sp³-hybridized carbons (Fsp3) is 0.556. The molecular weight excluding hydrogens is 326 g/mol. The number of likely N-dealkylation sites (N-methyl/N-ethyl adjacent to an activating group) is 1. The molecule has 0 radical (unpaired) electrons. The number of hydrogen-bond donors (Lipinski definition) is 1. The lowest BCUT2D eigenvalue weighted by atomic mass is 9.81. The third-order valence-corrected chi connectivity index (χ3v) is 5.22. The van der Waals surface area contributed by atoms with Gasteiger partial charge >= 0.3 is 0 Å². The number of rotatable bonds is 5. The summed E-state index contributed by atoms with van der Waals surface area (Å²) in [7, 11) is 3.29. The molecule has 1 aromatic rings. The second kappa shape index (κ2) is 7.76. The number of halogens is 1. The van der Waals surface area contributed by atoms with E-state index in [0.29, 0.717) is 10.8 Å². The minimum absolute atomic E-state index is 0.104. The van der Waals surface area contributed by atoms with Gasteiger partial charge in [0.05, 0.1) is 25.4 Å². The molecule has 0 bridgehead atoms. The summed E-state index contributed by atoms with van der Waals surface area (Å²) in [6, 6.07) is 5.95. The van der Waals surface area contributed by atoms with Gasteiger partial charge in [-0.3, -0.25) is 4.79 Å². The molecule has 1 aliphatic carbocycles. The van der Waals surface area contributed by atoms with Gasteiger partial charge < -0.3 is 15.0 Å². The Morgan fingerprint density at radius 2 is 2.08 bits per heavy atom. The van der Waals surface area contributed by atoms with Gasteiger partial charge in [0.1, 0.15) is 11.3 Å². The molecular formula is C18H24ClN3O2. The van der Waals surface area contributed by atoms with Crippen LogP contribution in [0.3, 0.4) is 0 Å². The van der Waals surface area contributed by atoms with E-state index < -0.39 is 5.54 Å². The van der Waals surface area contributed by atoms with Gasteiger partial charge in [-0.05, 0) is 31.4 Å². The fourth-order valence-electron chi connectivity index (χ4n) is 3.16. The highest BCUT2D eigenvalue weighted by Gasteiger charge is 2.38. The van der Waals surface area contributed by atoms with Gasteiger partial charge in [0.2, 0.25) is 5.91 Å². The maximum atomic E-state index is 12.6. The van der Waals surface area contributed by atoms with E-state index in [1.54, 1.807) is 25.1 Å². The Morgan fingerprint density at radius 1 is 1.42 bits per heavy atom. The molecule has 1 amide bonds. The topological polar surface area (TPSA) is 65.4 Å². The Labute approximate surface area is 148 Å². The molecule has 130 valence electrons. The number of hydrogen-bond acceptors (Lipinski definition) is 4. The monoisotopic (exact) mass is 349 g/mol. The van der Waals surface area contributed by atoms with E-state index >= 15 is 0 Å². The highest BCUT2D eigenvalue weighted by atomic mass is 35.5. The molecule has 0 atom stereocenters. The van der Waals surface area contributed by atoms with Gasteiger partial charge in [0.15, 0.2) is 0 Å². The minimum atomic E-state index is -0.670. The van der Waals surface area contributed by atoms with Crippen LogP contribution in [0.1, 0.15) is 37.7 Å². The number of ether oxygens (including phenoxy) is 1. The largest absolute Gasteiger partial charge is 0.495 e. The average Bonchev–Trinajstić information content (AvgIpc) is 2.61. The Morgan fingerprint density at radius 3 is 2.67 bits per heavy atom. The van der Waals surface area contributed by atoms with Crippen LogP contribution in [-0.4, -0.2) is 37.0 Å². The van der Waals surface area contributed by atoms with E-state index in [0.717, 1.165) is 43.4 Å². The number of aryl methyl sites for hydroxylation is 1. The predicted molar refractivity (Wildman–Crippen MR) is 95.4 cm³/mol. The highest BCUT2D eigenvalue weighted by molar-refractivity contribution is 6.31. The van der Waals surface area contributed by atoms with Crippen LogP contribution in [0, 0.1) is 18.3 Å². The summed E-state index contributed by atoms with van der Waals surface area (Å²) in [4.78, 5) is 14.2. The molecule has 1 saturated carbocycles. The highest BCUT2D eigenvalue weighted by Crippen LogP contribution is 2.33. The third kappa shape index (κ3) is 3.76. The molecule has 2 rings (SSSR count). The van der Waals surface area contributed by atoms with Gasteiger partial charge in [-0.1, -0.05) is 30.9 Å². The fourth-order valence-corrected chi connectivity index (χ4v) is 3.31. The standard InChI is InChI=1S/C18H24ClN3O2/c1-13-9-15(16(24-3)10-14(13)19)21-11-17(23)22(2)18(12-20)7-5-4-6-8-18/h9-10,21H,4-8,11H2,1-3H3. The number of benzene rings is 1. The van der Waals surface area contributed by atoms with Crippen LogP contribution >= 0.6 is 11.6 Å². The maximum absolute atomic E-state index is 12.6. The first kappa shape index (κ1) is 18.4. The van der Waals surface area contributed by atoms with Crippen molar-refractivity contribution in [3.63, 3.8) is 0 Å². The zero-order valence-corrected chi connectivity index (χ0v) is 15.2. The number of carbonyl (C=O) groups is 1. The van der Waals surface area contributed by atoms with Gasteiger partial charge in [-0.25, -0.2) is 0 Å². The van der Waals surface area contributed by atoms with E-state index in [-0.39, 0.29) is 12.5 Å². The minimum Gasteiger partial charge on any atom is -0.495 e. The number of methoxy groups -OCH3 is 1. The number of anilines is 1. The zero-order chi connectivity index (χ0) is 17.7. The van der Waals surface area contributed by atoms with Crippen molar-refractivity contribution in [1.29, 1.82) is 5.26 Å². The van der Waals surface area contributed by atoms with Crippen molar-refractivity contribution in [3.8, 4) is 11.8 Å². The van der Waals surface area contributed by atoms with Crippen LogP contribution < -0.4 is 10.1 Å². The Balaban J connectivity index is 2.08. The van der Waals surface area contributed by atoms with Crippen molar-refractivity contribution in [2.75, 3.05) is 26.0 Å². The lowest BCUT2D eigenvalue weighted by Crippen LogP contribution is -2.51. The summed E-state index contributed by atoms with van der Waals surface area (Å²) >= 11 is 6.10. The molecule has 0 aromatic heterocycles. The lowest BCUT2D eigenvalue weighted by Gasteiger charge is -2.39. The van der Waals surface area contributed by atoms with Crippen LogP contribution in [0.15, 0.2) is 12.1 Å². The normalized spacial score (nSPS) is 16.1. The molecule has 6 heteroatoms. The second-order valence-corrected chi connectivity index (χ2v) is 6.72. The molecule has 0 heterocycles. The Kier molecular flexibility index (Phi) is 5.95. The van der Waals surface area contributed by atoms with Crippen molar-refractivity contribution in [3.05, 3.63) is 22.7 Å². The van der Waals surface area contributed by atoms with E-state index in [1.807, 2.05) is 13.0 Å². The molecule has 0 aliphatic heterocycles. The smallest absolute Gasteiger partial charge is 0.242 e. The van der Waals surface area contributed by atoms with E-state index in [1.165, 1.54) is 0 Å². The molecule has 24 heavy (non-hydrogen) atoms. The first-order valence-corrected chi connectivity index (χ1v) is 8.57. The number of nitrogens with one attached hydrogen (secondary N) is 1.